The third-order valence-corrected chi connectivity index (χ3v) is 4.20. The maximum atomic E-state index is 8.99. The van der Waals surface area contributed by atoms with E-state index in [4.69, 9.17) is 5.26 Å². The van der Waals surface area contributed by atoms with Crippen molar-refractivity contribution in [1.29, 1.82) is 5.26 Å². The molecule has 1 aliphatic rings. The Balaban J connectivity index is 1.89. The van der Waals surface area contributed by atoms with Crippen molar-refractivity contribution in [2.45, 2.75) is 45.1 Å². The highest BCUT2D eigenvalue weighted by Gasteiger charge is 2.20. The van der Waals surface area contributed by atoms with Crippen LogP contribution in [-0.4, -0.2) is 6.54 Å². The van der Waals surface area contributed by atoms with E-state index >= 15 is 0 Å². The number of nitrogens with one attached hydrogen (secondary N) is 1. The SMILES string of the molecule is CC1CCCC(CNC(CC#N)c2ccccc2)C1. The minimum atomic E-state index is 0.184. The second-order valence-corrected chi connectivity index (χ2v) is 5.87. The summed E-state index contributed by atoms with van der Waals surface area (Å²) in [4.78, 5) is 0. The quantitative estimate of drug-likeness (QED) is 0.862. The molecule has 0 heterocycles. The van der Waals surface area contributed by atoms with Crippen LogP contribution in [0.1, 0.15) is 50.6 Å². The average molecular weight is 256 g/mol. The van der Waals surface area contributed by atoms with Crippen molar-refractivity contribution in [1.82, 2.24) is 5.32 Å². The molecule has 1 N–H and O–H groups in total. The molecule has 1 fully saturated rings. The van der Waals surface area contributed by atoms with Gasteiger partial charge in [-0.3, -0.25) is 0 Å². The topological polar surface area (TPSA) is 35.8 Å². The lowest BCUT2D eigenvalue weighted by atomic mass is 9.82. The molecule has 2 nitrogen and oxygen atoms in total. The van der Waals surface area contributed by atoms with Crippen LogP contribution in [0.4, 0.5) is 0 Å². The molecule has 102 valence electrons. The van der Waals surface area contributed by atoms with Crippen LogP contribution in [0.5, 0.6) is 0 Å². The van der Waals surface area contributed by atoms with E-state index in [0.717, 1.165) is 18.4 Å². The van der Waals surface area contributed by atoms with Crippen LogP contribution >= 0.6 is 0 Å². The van der Waals surface area contributed by atoms with E-state index in [1.807, 2.05) is 18.2 Å². The summed E-state index contributed by atoms with van der Waals surface area (Å²) in [5.74, 6) is 1.65. The zero-order valence-electron chi connectivity index (χ0n) is 11.8. The summed E-state index contributed by atoms with van der Waals surface area (Å²) in [5, 5.41) is 12.6. The van der Waals surface area contributed by atoms with Gasteiger partial charge in [-0.1, -0.05) is 50.1 Å². The maximum absolute atomic E-state index is 8.99. The van der Waals surface area contributed by atoms with Crippen molar-refractivity contribution in [2.24, 2.45) is 11.8 Å². The fraction of sp³-hybridized carbons (Fsp3) is 0.588. The van der Waals surface area contributed by atoms with E-state index in [1.54, 1.807) is 0 Å². The third-order valence-electron chi connectivity index (χ3n) is 4.20. The Hall–Kier alpha value is -1.33. The standard InChI is InChI=1S/C17H24N2/c1-14-6-5-7-15(12-14)13-19-17(10-11-18)16-8-3-2-4-9-16/h2-4,8-9,14-15,17,19H,5-7,10,12-13H2,1H3. The molecule has 0 radical (unpaired) electrons. The van der Waals surface area contributed by atoms with Crippen LogP contribution < -0.4 is 5.32 Å². The van der Waals surface area contributed by atoms with Crippen LogP contribution in [0.2, 0.25) is 0 Å². The predicted octanol–water partition coefficient (Wildman–Crippen LogP) is 4.06. The normalized spacial score (nSPS) is 24.6. The Morgan fingerprint density at radius 2 is 2.11 bits per heavy atom. The summed E-state index contributed by atoms with van der Waals surface area (Å²) >= 11 is 0. The molecule has 0 aromatic heterocycles. The summed E-state index contributed by atoms with van der Waals surface area (Å²) in [7, 11) is 0. The highest BCUT2D eigenvalue weighted by Crippen LogP contribution is 2.28. The minimum Gasteiger partial charge on any atom is -0.309 e. The Labute approximate surface area is 116 Å². The van der Waals surface area contributed by atoms with Gasteiger partial charge in [-0.25, -0.2) is 0 Å². The largest absolute Gasteiger partial charge is 0.309 e. The lowest BCUT2D eigenvalue weighted by molar-refractivity contribution is 0.267. The van der Waals surface area contributed by atoms with Crippen LogP contribution in [0.15, 0.2) is 30.3 Å². The lowest BCUT2D eigenvalue weighted by Crippen LogP contribution is -2.29. The van der Waals surface area contributed by atoms with E-state index < -0.39 is 0 Å². The third kappa shape index (κ3) is 4.36. The van der Waals surface area contributed by atoms with Gasteiger partial charge in [0.2, 0.25) is 0 Å². The number of rotatable bonds is 5. The van der Waals surface area contributed by atoms with Crippen molar-refractivity contribution >= 4 is 0 Å². The highest BCUT2D eigenvalue weighted by molar-refractivity contribution is 5.19. The first-order valence-corrected chi connectivity index (χ1v) is 7.45. The van der Waals surface area contributed by atoms with E-state index in [2.05, 4.69) is 30.4 Å². The van der Waals surface area contributed by atoms with Gasteiger partial charge in [0.05, 0.1) is 12.5 Å². The van der Waals surface area contributed by atoms with Crippen molar-refractivity contribution < 1.29 is 0 Å². The Morgan fingerprint density at radius 3 is 2.79 bits per heavy atom. The smallest absolute Gasteiger partial charge is 0.0641 e. The highest BCUT2D eigenvalue weighted by atomic mass is 14.9. The zero-order chi connectivity index (χ0) is 13.5. The Bertz CT molecular complexity index is 407. The first-order valence-electron chi connectivity index (χ1n) is 7.45. The number of hydrogen-bond donors (Lipinski definition) is 1. The second-order valence-electron chi connectivity index (χ2n) is 5.87. The van der Waals surface area contributed by atoms with E-state index in [-0.39, 0.29) is 6.04 Å². The fourth-order valence-electron chi connectivity index (χ4n) is 3.14. The van der Waals surface area contributed by atoms with Gasteiger partial charge < -0.3 is 5.32 Å². The lowest BCUT2D eigenvalue weighted by Gasteiger charge is -2.28. The van der Waals surface area contributed by atoms with Gasteiger partial charge in [0.1, 0.15) is 0 Å². The summed E-state index contributed by atoms with van der Waals surface area (Å²) < 4.78 is 0. The molecule has 1 aliphatic carbocycles. The van der Waals surface area contributed by atoms with Gasteiger partial charge in [0.15, 0.2) is 0 Å². The van der Waals surface area contributed by atoms with Crippen LogP contribution in [-0.2, 0) is 0 Å². The van der Waals surface area contributed by atoms with Crippen LogP contribution in [0.25, 0.3) is 0 Å². The summed E-state index contributed by atoms with van der Waals surface area (Å²) in [6, 6.07) is 12.8. The molecule has 19 heavy (non-hydrogen) atoms. The molecule has 1 aromatic carbocycles. The molecule has 3 atom stereocenters. The van der Waals surface area contributed by atoms with Gasteiger partial charge in [0, 0.05) is 6.04 Å². The molecule has 0 bridgehead atoms. The van der Waals surface area contributed by atoms with E-state index in [1.165, 1.54) is 31.2 Å². The average Bonchev–Trinajstić information content (AvgIpc) is 2.44. The molecule has 1 aromatic rings. The van der Waals surface area contributed by atoms with Gasteiger partial charge in [-0.2, -0.15) is 5.26 Å². The molecule has 0 amide bonds. The van der Waals surface area contributed by atoms with Crippen molar-refractivity contribution in [3.05, 3.63) is 35.9 Å². The second kappa shape index (κ2) is 7.31. The van der Waals surface area contributed by atoms with Crippen molar-refractivity contribution in [3.63, 3.8) is 0 Å². The fourth-order valence-corrected chi connectivity index (χ4v) is 3.14. The number of benzene rings is 1. The van der Waals surface area contributed by atoms with Crippen molar-refractivity contribution in [2.75, 3.05) is 6.54 Å². The number of nitrogens with zero attached hydrogens (tertiary/aromatic N) is 1. The summed E-state index contributed by atoms with van der Waals surface area (Å²) in [5.41, 5.74) is 1.23. The molecule has 1 saturated carbocycles. The van der Waals surface area contributed by atoms with Crippen molar-refractivity contribution in [3.8, 4) is 6.07 Å². The molecular formula is C17H24N2. The molecule has 0 saturated heterocycles. The van der Waals surface area contributed by atoms with Crippen LogP contribution in [0, 0.1) is 23.2 Å². The molecule has 2 heteroatoms. The summed E-state index contributed by atoms with van der Waals surface area (Å²) in [6.45, 7) is 3.40. The molecule has 2 rings (SSSR count). The molecule has 0 aliphatic heterocycles. The Kier molecular flexibility index (Phi) is 5.42. The first-order chi connectivity index (χ1) is 9.29. The monoisotopic (exact) mass is 256 g/mol. The zero-order valence-corrected chi connectivity index (χ0v) is 11.8. The molecule has 0 spiro atoms. The van der Waals surface area contributed by atoms with Gasteiger partial charge >= 0.3 is 0 Å². The van der Waals surface area contributed by atoms with E-state index in [9.17, 15) is 0 Å². The van der Waals surface area contributed by atoms with Crippen LogP contribution in [0.3, 0.4) is 0 Å². The number of hydrogen-bond acceptors (Lipinski definition) is 2. The summed E-state index contributed by atoms with van der Waals surface area (Å²) in [6.07, 6.45) is 5.97. The Morgan fingerprint density at radius 1 is 1.32 bits per heavy atom. The van der Waals surface area contributed by atoms with Gasteiger partial charge in [-0.05, 0) is 36.8 Å². The van der Waals surface area contributed by atoms with Gasteiger partial charge in [-0.15, -0.1) is 0 Å². The first kappa shape index (κ1) is 14.1. The molecule has 3 unspecified atom stereocenters. The molecular weight excluding hydrogens is 232 g/mol. The van der Waals surface area contributed by atoms with Gasteiger partial charge in [0.25, 0.3) is 0 Å². The minimum absolute atomic E-state index is 0.184. The number of nitriles is 1. The maximum Gasteiger partial charge on any atom is 0.0641 e. The predicted molar refractivity (Wildman–Crippen MR) is 78.5 cm³/mol. The van der Waals surface area contributed by atoms with E-state index in [0.29, 0.717) is 6.42 Å².